The van der Waals surface area contributed by atoms with Crippen LogP contribution in [0.1, 0.15) is 20.3 Å². The number of ether oxygens (including phenoxy) is 2. The minimum Gasteiger partial charge on any atom is -0.467 e. The second-order valence-electron chi connectivity index (χ2n) is 3.68. The van der Waals surface area contributed by atoms with E-state index >= 15 is 0 Å². The molecule has 1 heterocycles. The maximum Gasteiger partial charge on any atom is 0.328 e. The number of carbonyl (C=O) groups excluding carboxylic acids is 2. The molecule has 0 unspecified atom stereocenters. The lowest BCUT2D eigenvalue weighted by molar-refractivity contribution is -0.147. The predicted octanol–water partition coefficient (Wildman–Crippen LogP) is 0.513. The van der Waals surface area contributed by atoms with Crippen LogP contribution in [0.4, 0.5) is 0 Å². The van der Waals surface area contributed by atoms with E-state index in [0.717, 1.165) is 0 Å². The number of hydrogen-bond donors (Lipinski definition) is 0. The summed E-state index contributed by atoms with van der Waals surface area (Å²) >= 11 is 5.04. The summed E-state index contributed by atoms with van der Waals surface area (Å²) in [4.78, 5) is 24.7. The number of rotatable bonds is 2. The van der Waals surface area contributed by atoms with Gasteiger partial charge in [0, 0.05) is 13.3 Å². The first-order valence-corrected chi connectivity index (χ1v) is 5.38. The zero-order chi connectivity index (χ0) is 12.3. The molecule has 0 aliphatic carbocycles. The van der Waals surface area contributed by atoms with Crippen molar-refractivity contribution >= 4 is 29.1 Å². The third kappa shape index (κ3) is 2.91. The second kappa shape index (κ2) is 5.25. The third-order valence-electron chi connectivity index (χ3n) is 2.47. The molecule has 1 saturated heterocycles. The molecule has 1 aliphatic rings. The maximum absolute atomic E-state index is 11.5. The zero-order valence-corrected chi connectivity index (χ0v) is 10.4. The normalized spacial score (nSPS) is 24.1. The summed E-state index contributed by atoms with van der Waals surface area (Å²) in [5.74, 6) is -0.698. The molecule has 0 aromatic heterocycles. The van der Waals surface area contributed by atoms with Crippen LogP contribution in [0.15, 0.2) is 0 Å². The van der Waals surface area contributed by atoms with Crippen molar-refractivity contribution in [3.63, 3.8) is 0 Å². The molecule has 1 fully saturated rings. The van der Waals surface area contributed by atoms with Gasteiger partial charge in [0.25, 0.3) is 0 Å². The number of esters is 2. The molecule has 0 aromatic rings. The van der Waals surface area contributed by atoms with Crippen molar-refractivity contribution in [2.45, 2.75) is 32.4 Å². The summed E-state index contributed by atoms with van der Waals surface area (Å²) in [6.45, 7) is 3.54. The van der Waals surface area contributed by atoms with E-state index in [1.165, 1.54) is 14.0 Å². The van der Waals surface area contributed by atoms with Crippen molar-refractivity contribution < 1.29 is 19.1 Å². The molecule has 90 valence electrons. The first-order chi connectivity index (χ1) is 7.45. The Morgan fingerprint density at radius 3 is 2.44 bits per heavy atom. The summed E-state index contributed by atoms with van der Waals surface area (Å²) in [7, 11) is 1.33. The zero-order valence-electron chi connectivity index (χ0n) is 9.56. The van der Waals surface area contributed by atoms with Gasteiger partial charge in [-0.05, 0) is 6.92 Å². The summed E-state index contributed by atoms with van der Waals surface area (Å²) in [6, 6.07) is -0.438. The first kappa shape index (κ1) is 12.9. The Morgan fingerprint density at radius 1 is 1.38 bits per heavy atom. The number of hydrogen-bond acceptors (Lipinski definition) is 5. The number of likely N-dealkylation sites (tertiary alicyclic amines) is 1. The van der Waals surface area contributed by atoms with E-state index < -0.39 is 6.04 Å². The van der Waals surface area contributed by atoms with Crippen LogP contribution >= 0.6 is 12.2 Å². The van der Waals surface area contributed by atoms with Gasteiger partial charge in [0.2, 0.25) is 0 Å². The van der Waals surface area contributed by atoms with Gasteiger partial charge >= 0.3 is 11.9 Å². The smallest absolute Gasteiger partial charge is 0.328 e. The van der Waals surface area contributed by atoms with Gasteiger partial charge in [-0.25, -0.2) is 4.79 Å². The molecule has 0 bridgehead atoms. The van der Waals surface area contributed by atoms with Gasteiger partial charge in [-0.1, -0.05) is 12.2 Å². The fourth-order valence-corrected chi connectivity index (χ4v) is 2.03. The Kier molecular flexibility index (Phi) is 4.23. The molecular formula is C10H15NO4S. The Bertz CT molecular complexity index is 318. The van der Waals surface area contributed by atoms with Crippen LogP contribution in [0, 0.1) is 0 Å². The minimum atomic E-state index is -0.438. The second-order valence-corrected chi connectivity index (χ2v) is 4.27. The molecule has 0 aromatic carbocycles. The van der Waals surface area contributed by atoms with Crippen molar-refractivity contribution in [3.05, 3.63) is 0 Å². The monoisotopic (exact) mass is 245 g/mol. The molecule has 0 N–H and O–H groups in total. The highest BCUT2D eigenvalue weighted by Crippen LogP contribution is 2.22. The van der Waals surface area contributed by atoms with Crippen LogP contribution in [0.25, 0.3) is 0 Å². The van der Waals surface area contributed by atoms with Crippen LogP contribution in [0.2, 0.25) is 0 Å². The van der Waals surface area contributed by atoms with Crippen molar-refractivity contribution in [1.29, 1.82) is 0 Å². The van der Waals surface area contributed by atoms with Crippen molar-refractivity contribution in [3.8, 4) is 0 Å². The summed E-state index contributed by atoms with van der Waals surface area (Å²) in [6.07, 6.45) is 0.139. The van der Waals surface area contributed by atoms with Crippen LogP contribution in [0.5, 0.6) is 0 Å². The van der Waals surface area contributed by atoms with E-state index in [0.29, 0.717) is 18.0 Å². The predicted molar refractivity (Wildman–Crippen MR) is 61.0 cm³/mol. The molecule has 5 nitrogen and oxygen atoms in total. The quantitative estimate of drug-likeness (QED) is 0.522. The molecule has 0 amide bonds. The van der Waals surface area contributed by atoms with Gasteiger partial charge in [-0.15, -0.1) is 0 Å². The van der Waals surface area contributed by atoms with Crippen LogP contribution in [-0.2, 0) is 19.1 Å². The van der Waals surface area contributed by atoms with Gasteiger partial charge in [-0.2, -0.15) is 0 Å². The Labute approximate surface area is 99.7 Å². The Morgan fingerprint density at radius 2 is 2.00 bits per heavy atom. The highest BCUT2D eigenvalue weighted by molar-refractivity contribution is 7.80. The SMILES string of the molecule is COC(=O)[C@@H]1C[C@H](OC(C)=O)CN1C(C)=S. The molecular weight excluding hydrogens is 230 g/mol. The van der Waals surface area contributed by atoms with Gasteiger partial charge in [-0.3, -0.25) is 4.79 Å². The molecule has 1 aliphatic heterocycles. The number of carbonyl (C=O) groups is 2. The van der Waals surface area contributed by atoms with Gasteiger partial charge in [0.1, 0.15) is 12.1 Å². The summed E-state index contributed by atoms with van der Waals surface area (Å²) < 4.78 is 9.76. The number of methoxy groups -OCH3 is 1. The third-order valence-corrected chi connectivity index (χ3v) is 2.71. The standard InChI is InChI=1S/C10H15NO4S/c1-6(16)11-5-8(15-7(2)12)4-9(11)10(13)14-3/h8-9H,4-5H2,1-3H3/t8-,9-/m0/s1. The molecule has 6 heteroatoms. The average Bonchev–Trinajstić information content (AvgIpc) is 2.59. The van der Waals surface area contributed by atoms with Crippen molar-refractivity contribution in [2.24, 2.45) is 0 Å². The summed E-state index contributed by atoms with van der Waals surface area (Å²) in [5, 5.41) is 0. The van der Waals surface area contributed by atoms with E-state index in [2.05, 4.69) is 4.74 Å². The maximum atomic E-state index is 11.5. The van der Waals surface area contributed by atoms with Gasteiger partial charge in [0.05, 0.1) is 18.6 Å². The Balaban J connectivity index is 2.71. The molecule has 1 rings (SSSR count). The fourth-order valence-electron chi connectivity index (χ4n) is 1.83. The molecule has 16 heavy (non-hydrogen) atoms. The number of nitrogens with zero attached hydrogens (tertiary/aromatic N) is 1. The lowest BCUT2D eigenvalue weighted by Crippen LogP contribution is -2.39. The summed E-state index contributed by atoms with van der Waals surface area (Å²) in [5.41, 5.74) is 0. The van der Waals surface area contributed by atoms with Gasteiger partial charge in [0.15, 0.2) is 0 Å². The van der Waals surface area contributed by atoms with Crippen LogP contribution < -0.4 is 0 Å². The average molecular weight is 245 g/mol. The molecule has 0 radical (unpaired) electrons. The van der Waals surface area contributed by atoms with Crippen LogP contribution in [0.3, 0.4) is 0 Å². The first-order valence-electron chi connectivity index (χ1n) is 4.98. The van der Waals surface area contributed by atoms with E-state index in [1.54, 1.807) is 11.8 Å². The molecule has 0 spiro atoms. The molecule has 0 saturated carbocycles. The van der Waals surface area contributed by atoms with E-state index in [1.807, 2.05) is 0 Å². The minimum absolute atomic E-state index is 0.292. The van der Waals surface area contributed by atoms with E-state index in [4.69, 9.17) is 17.0 Å². The van der Waals surface area contributed by atoms with Crippen LogP contribution in [-0.4, -0.2) is 47.6 Å². The topological polar surface area (TPSA) is 55.8 Å². The molecule has 2 atom stereocenters. The van der Waals surface area contributed by atoms with Gasteiger partial charge < -0.3 is 14.4 Å². The Hall–Kier alpha value is -1.17. The number of thiocarbonyl (C=S) groups is 1. The van der Waals surface area contributed by atoms with Crippen molar-refractivity contribution in [1.82, 2.24) is 4.90 Å². The highest BCUT2D eigenvalue weighted by atomic mass is 32.1. The van der Waals surface area contributed by atoms with E-state index in [9.17, 15) is 9.59 Å². The fraction of sp³-hybridized carbons (Fsp3) is 0.700. The lowest BCUT2D eigenvalue weighted by atomic mass is 10.2. The van der Waals surface area contributed by atoms with Crippen molar-refractivity contribution in [2.75, 3.05) is 13.7 Å². The lowest BCUT2D eigenvalue weighted by Gasteiger charge is -2.22. The highest BCUT2D eigenvalue weighted by Gasteiger charge is 2.39. The largest absolute Gasteiger partial charge is 0.467 e. The van der Waals surface area contributed by atoms with E-state index in [-0.39, 0.29) is 18.0 Å².